The van der Waals surface area contributed by atoms with E-state index in [-0.39, 0.29) is 23.8 Å². The molecule has 74 valence electrons. The van der Waals surface area contributed by atoms with Crippen molar-refractivity contribution in [3.63, 3.8) is 0 Å². The van der Waals surface area contributed by atoms with Gasteiger partial charge in [-0.25, -0.2) is 0 Å². The summed E-state index contributed by atoms with van der Waals surface area (Å²) in [6, 6.07) is 0. The van der Waals surface area contributed by atoms with Gasteiger partial charge >= 0.3 is 0 Å². The summed E-state index contributed by atoms with van der Waals surface area (Å²) in [4.78, 5) is 24.4. The molecule has 0 N–H and O–H groups in total. The number of hydrogen-bond acceptors (Lipinski definition) is 3. The van der Waals surface area contributed by atoms with Gasteiger partial charge in [0.05, 0.1) is 5.25 Å². The van der Waals surface area contributed by atoms with Crippen LogP contribution in [-0.4, -0.2) is 27.5 Å². The predicted molar refractivity (Wildman–Crippen MR) is 53.6 cm³/mol. The van der Waals surface area contributed by atoms with E-state index in [9.17, 15) is 9.59 Å². The highest BCUT2D eigenvalue weighted by Crippen LogP contribution is 2.28. The summed E-state index contributed by atoms with van der Waals surface area (Å²) in [6.45, 7) is 5.76. The smallest absolute Gasteiger partial charge is 0.243 e. The summed E-state index contributed by atoms with van der Waals surface area (Å²) in [7, 11) is 0. The highest BCUT2D eigenvalue weighted by molar-refractivity contribution is 7.81. The van der Waals surface area contributed by atoms with Crippen LogP contribution in [0.1, 0.15) is 33.6 Å². The molecule has 1 aliphatic rings. The Morgan fingerprint density at radius 2 is 2.08 bits per heavy atom. The maximum Gasteiger partial charge on any atom is 0.243 e. The second kappa shape index (κ2) is 3.33. The summed E-state index contributed by atoms with van der Waals surface area (Å²) in [5.74, 6) is -0.253. The Kier molecular flexibility index (Phi) is 2.71. The first-order valence-corrected chi connectivity index (χ1v) is 4.96. The van der Waals surface area contributed by atoms with E-state index in [2.05, 4.69) is 12.6 Å². The Hall–Kier alpha value is -0.510. The van der Waals surface area contributed by atoms with Crippen molar-refractivity contribution in [1.29, 1.82) is 0 Å². The van der Waals surface area contributed by atoms with Gasteiger partial charge in [0, 0.05) is 12.0 Å². The fraction of sp³-hybridized carbons (Fsp3) is 0.778. The van der Waals surface area contributed by atoms with Gasteiger partial charge < -0.3 is 0 Å². The molecule has 4 heteroatoms. The van der Waals surface area contributed by atoms with E-state index in [1.165, 1.54) is 4.90 Å². The van der Waals surface area contributed by atoms with E-state index in [1.807, 2.05) is 20.8 Å². The fourth-order valence-electron chi connectivity index (χ4n) is 1.41. The van der Waals surface area contributed by atoms with Gasteiger partial charge in [0.1, 0.15) is 0 Å². The van der Waals surface area contributed by atoms with Gasteiger partial charge in [0.25, 0.3) is 0 Å². The fourth-order valence-corrected chi connectivity index (χ4v) is 1.68. The third kappa shape index (κ3) is 1.73. The third-order valence-electron chi connectivity index (χ3n) is 2.59. The Bertz CT molecular complexity index is 250. The highest BCUT2D eigenvalue weighted by atomic mass is 32.1. The minimum Gasteiger partial charge on any atom is -0.276 e. The lowest BCUT2D eigenvalue weighted by atomic mass is 10.00. The number of likely N-dealkylation sites (tertiary alicyclic amines) is 1. The van der Waals surface area contributed by atoms with Crippen LogP contribution in [0, 0.1) is 0 Å². The minimum absolute atomic E-state index is 0.100. The quantitative estimate of drug-likeness (QED) is 0.539. The molecule has 0 saturated carbocycles. The monoisotopic (exact) mass is 201 g/mol. The number of thiol groups is 1. The number of carbonyl (C=O) groups is 2. The van der Waals surface area contributed by atoms with E-state index >= 15 is 0 Å². The van der Waals surface area contributed by atoms with Crippen LogP contribution in [0.3, 0.4) is 0 Å². The Morgan fingerprint density at radius 1 is 1.54 bits per heavy atom. The van der Waals surface area contributed by atoms with Crippen LogP contribution in [-0.2, 0) is 9.59 Å². The summed E-state index contributed by atoms with van der Waals surface area (Å²) in [6.07, 6.45) is 1.01. The Morgan fingerprint density at radius 3 is 2.38 bits per heavy atom. The molecule has 0 aromatic rings. The largest absolute Gasteiger partial charge is 0.276 e. The summed E-state index contributed by atoms with van der Waals surface area (Å²) >= 11 is 4.06. The van der Waals surface area contributed by atoms with Crippen molar-refractivity contribution >= 4 is 24.4 Å². The topological polar surface area (TPSA) is 37.4 Å². The van der Waals surface area contributed by atoms with Gasteiger partial charge in [-0.05, 0) is 20.3 Å². The second-order valence-electron chi connectivity index (χ2n) is 3.95. The Balaban J connectivity index is 2.92. The number of amides is 2. The molecular weight excluding hydrogens is 186 g/mol. The van der Waals surface area contributed by atoms with Crippen molar-refractivity contribution in [1.82, 2.24) is 4.90 Å². The van der Waals surface area contributed by atoms with Gasteiger partial charge in [-0.15, -0.1) is 0 Å². The van der Waals surface area contributed by atoms with Crippen LogP contribution >= 0.6 is 12.6 Å². The second-order valence-corrected chi connectivity index (χ2v) is 4.58. The molecule has 1 saturated heterocycles. The maximum atomic E-state index is 11.5. The van der Waals surface area contributed by atoms with Gasteiger partial charge in [0.15, 0.2) is 0 Å². The highest BCUT2D eigenvalue weighted by Gasteiger charge is 2.43. The van der Waals surface area contributed by atoms with E-state index in [4.69, 9.17) is 0 Å². The lowest BCUT2D eigenvalue weighted by molar-refractivity contribution is -0.144. The molecular formula is C9H15NO2S. The average molecular weight is 201 g/mol. The van der Waals surface area contributed by atoms with Crippen molar-refractivity contribution in [2.75, 3.05) is 0 Å². The third-order valence-corrected chi connectivity index (χ3v) is 3.00. The number of nitrogens with zero attached hydrogens (tertiary/aromatic N) is 1. The zero-order chi connectivity index (χ0) is 10.2. The van der Waals surface area contributed by atoms with Crippen molar-refractivity contribution in [2.45, 2.75) is 44.4 Å². The van der Waals surface area contributed by atoms with Crippen LogP contribution in [0.4, 0.5) is 0 Å². The van der Waals surface area contributed by atoms with Crippen LogP contribution in [0.2, 0.25) is 0 Å². The van der Waals surface area contributed by atoms with Gasteiger partial charge in [0.2, 0.25) is 11.8 Å². The molecule has 0 aromatic carbocycles. The molecule has 0 bridgehead atoms. The SMILES string of the molecule is CCC(C)(C)N1C(=O)CC(S)C1=O. The number of carbonyl (C=O) groups excluding carboxylic acids is 2. The maximum absolute atomic E-state index is 11.5. The molecule has 1 heterocycles. The van der Waals surface area contributed by atoms with Crippen LogP contribution in [0.5, 0.6) is 0 Å². The number of rotatable bonds is 2. The normalized spacial score (nSPS) is 24.3. The summed E-state index contributed by atoms with van der Waals surface area (Å²) in [5, 5.41) is -0.432. The lowest BCUT2D eigenvalue weighted by Crippen LogP contribution is -2.47. The molecule has 0 radical (unpaired) electrons. The molecule has 0 spiro atoms. The van der Waals surface area contributed by atoms with Gasteiger partial charge in [-0.2, -0.15) is 12.6 Å². The minimum atomic E-state index is -0.432. The predicted octanol–water partition coefficient (Wildman–Crippen LogP) is 1.23. The molecule has 0 aliphatic carbocycles. The molecule has 1 rings (SSSR count). The van der Waals surface area contributed by atoms with E-state index in [0.29, 0.717) is 0 Å². The molecule has 3 nitrogen and oxygen atoms in total. The van der Waals surface area contributed by atoms with Crippen LogP contribution in [0.25, 0.3) is 0 Å². The summed E-state index contributed by atoms with van der Waals surface area (Å²) < 4.78 is 0. The Labute approximate surface area is 83.9 Å². The number of hydrogen-bond donors (Lipinski definition) is 1. The first-order chi connectivity index (χ1) is 5.90. The van der Waals surface area contributed by atoms with Crippen LogP contribution < -0.4 is 0 Å². The van der Waals surface area contributed by atoms with E-state index in [1.54, 1.807) is 0 Å². The molecule has 0 aromatic heterocycles. The molecule has 1 unspecified atom stereocenters. The molecule has 2 amide bonds. The van der Waals surface area contributed by atoms with Gasteiger partial charge in [-0.1, -0.05) is 6.92 Å². The number of imide groups is 1. The zero-order valence-electron chi connectivity index (χ0n) is 8.20. The molecule has 13 heavy (non-hydrogen) atoms. The van der Waals surface area contributed by atoms with Crippen molar-refractivity contribution in [3.8, 4) is 0 Å². The van der Waals surface area contributed by atoms with Gasteiger partial charge in [-0.3, -0.25) is 14.5 Å². The van der Waals surface area contributed by atoms with Crippen LogP contribution in [0.15, 0.2) is 0 Å². The van der Waals surface area contributed by atoms with E-state index < -0.39 is 5.25 Å². The molecule has 1 aliphatic heterocycles. The first-order valence-electron chi connectivity index (χ1n) is 4.45. The first kappa shape index (κ1) is 10.6. The molecule has 1 fully saturated rings. The molecule has 1 atom stereocenters. The average Bonchev–Trinajstić information content (AvgIpc) is 2.27. The van der Waals surface area contributed by atoms with Crippen molar-refractivity contribution < 1.29 is 9.59 Å². The lowest BCUT2D eigenvalue weighted by Gasteiger charge is -2.32. The zero-order valence-corrected chi connectivity index (χ0v) is 9.10. The van der Waals surface area contributed by atoms with Crippen molar-refractivity contribution in [3.05, 3.63) is 0 Å². The van der Waals surface area contributed by atoms with E-state index in [0.717, 1.165) is 6.42 Å². The standard InChI is InChI=1S/C9H15NO2S/c1-4-9(2,3)10-7(11)5-6(13)8(10)12/h6,13H,4-5H2,1-3H3. The van der Waals surface area contributed by atoms with Crippen molar-refractivity contribution in [2.24, 2.45) is 0 Å². The summed E-state index contributed by atoms with van der Waals surface area (Å²) in [5.41, 5.74) is -0.369.